The summed E-state index contributed by atoms with van der Waals surface area (Å²) in [5, 5.41) is 4.96. The van der Waals surface area contributed by atoms with Gasteiger partial charge in [0.05, 0.1) is 0 Å². The predicted octanol–water partition coefficient (Wildman–Crippen LogP) is 6.39. The molecule has 0 bridgehead atoms. The maximum atomic E-state index is 4.47. The summed E-state index contributed by atoms with van der Waals surface area (Å²) in [5.41, 5.74) is 14.5. The first-order chi connectivity index (χ1) is 15.0. The van der Waals surface area contributed by atoms with Gasteiger partial charge in [-0.3, -0.25) is 0 Å². The van der Waals surface area contributed by atoms with Crippen molar-refractivity contribution in [3.8, 4) is 0 Å². The van der Waals surface area contributed by atoms with Crippen molar-refractivity contribution in [2.75, 3.05) is 6.54 Å². The zero-order chi connectivity index (χ0) is 21.5. The van der Waals surface area contributed by atoms with Crippen molar-refractivity contribution < 1.29 is 0 Å². The van der Waals surface area contributed by atoms with Crippen LogP contribution in [0.2, 0.25) is 0 Å². The van der Waals surface area contributed by atoms with Gasteiger partial charge in [0.25, 0.3) is 0 Å². The van der Waals surface area contributed by atoms with Crippen LogP contribution in [0.4, 0.5) is 0 Å². The van der Waals surface area contributed by atoms with Crippen LogP contribution in [0, 0.1) is 20.8 Å². The van der Waals surface area contributed by atoms with E-state index in [1.807, 2.05) is 0 Å². The van der Waals surface area contributed by atoms with Crippen molar-refractivity contribution in [3.63, 3.8) is 0 Å². The number of aromatic nitrogens is 1. The Hall–Kier alpha value is -3.10. The van der Waals surface area contributed by atoms with Crippen LogP contribution in [0.1, 0.15) is 50.2 Å². The van der Waals surface area contributed by atoms with E-state index in [2.05, 4.69) is 92.2 Å². The maximum Gasteiger partial charge on any atom is 0.0458 e. The van der Waals surface area contributed by atoms with Crippen molar-refractivity contribution >= 4 is 16.5 Å². The molecular weight excluding hydrogens is 376 g/mol. The normalized spacial score (nSPS) is 12.8. The van der Waals surface area contributed by atoms with Gasteiger partial charge in [-0.05, 0) is 95.6 Å². The third-order valence-corrected chi connectivity index (χ3v) is 6.55. The summed E-state index contributed by atoms with van der Waals surface area (Å²) in [6.45, 7) is 12.8. The Kier molecular flexibility index (Phi) is 5.03. The van der Waals surface area contributed by atoms with E-state index in [-0.39, 0.29) is 0 Å². The molecule has 0 saturated carbocycles. The van der Waals surface area contributed by atoms with Crippen LogP contribution in [-0.4, -0.2) is 11.5 Å². The van der Waals surface area contributed by atoms with E-state index in [9.17, 15) is 0 Å². The van der Waals surface area contributed by atoms with Gasteiger partial charge in [-0.1, -0.05) is 54.6 Å². The smallest absolute Gasteiger partial charge is 0.0458 e. The number of aryl methyl sites for hydroxylation is 3. The van der Waals surface area contributed by atoms with Gasteiger partial charge in [-0.2, -0.15) is 0 Å². The zero-order valence-corrected chi connectivity index (χ0v) is 18.7. The third-order valence-electron chi connectivity index (χ3n) is 6.55. The highest BCUT2D eigenvalue weighted by Gasteiger charge is 2.22. The fraction of sp³-hybridized carbons (Fsp3) is 0.241. The van der Waals surface area contributed by atoms with Crippen LogP contribution in [0.15, 0.2) is 61.2 Å². The van der Waals surface area contributed by atoms with E-state index in [4.69, 9.17) is 0 Å². The molecule has 0 amide bonds. The molecule has 2 N–H and O–H groups in total. The minimum Gasteiger partial charge on any atom is -0.358 e. The van der Waals surface area contributed by atoms with Crippen LogP contribution >= 0.6 is 0 Å². The van der Waals surface area contributed by atoms with Crippen molar-refractivity contribution in [1.82, 2.24) is 10.3 Å². The monoisotopic (exact) mass is 406 g/mol. The summed E-state index contributed by atoms with van der Waals surface area (Å²) < 4.78 is 0. The Morgan fingerprint density at radius 3 is 2.71 bits per heavy atom. The number of aromatic amines is 1. The number of hydrogen-bond donors (Lipinski definition) is 2. The second kappa shape index (κ2) is 7.86. The molecule has 2 nitrogen and oxygen atoms in total. The second-order valence-electron chi connectivity index (χ2n) is 9.03. The number of hydrogen-bond acceptors (Lipinski definition) is 1. The van der Waals surface area contributed by atoms with Gasteiger partial charge in [0, 0.05) is 24.3 Å². The van der Waals surface area contributed by atoms with Crippen LogP contribution in [0.3, 0.4) is 0 Å². The Balaban J connectivity index is 1.30. The largest absolute Gasteiger partial charge is 0.358 e. The lowest BCUT2D eigenvalue weighted by Crippen LogP contribution is -2.19. The molecule has 5 rings (SSSR count). The van der Waals surface area contributed by atoms with Crippen LogP contribution < -0.4 is 5.32 Å². The molecule has 0 aliphatic heterocycles. The standard InChI is InChI=1S/C29H30N2/c1-18-8-9-22-15-25(31-28(22)14-18)10-11-30-17-23-6-5-7-26-21(4)29-20(3)12-19(2)13-24(29)16-27(23)26/h5-9,12-15,30-31H,4,10-11,16-17H2,1-3H3. The van der Waals surface area contributed by atoms with Gasteiger partial charge in [0.15, 0.2) is 0 Å². The first-order valence-electron chi connectivity index (χ1n) is 11.2. The summed E-state index contributed by atoms with van der Waals surface area (Å²) in [5.74, 6) is 0. The molecule has 0 fully saturated rings. The molecule has 1 aliphatic rings. The van der Waals surface area contributed by atoms with Gasteiger partial charge in [-0.25, -0.2) is 0 Å². The first-order valence-corrected chi connectivity index (χ1v) is 11.2. The maximum absolute atomic E-state index is 4.47. The summed E-state index contributed by atoms with van der Waals surface area (Å²) in [7, 11) is 0. The quantitative estimate of drug-likeness (QED) is 0.325. The molecule has 3 aromatic carbocycles. The molecule has 0 saturated heterocycles. The molecule has 1 aliphatic carbocycles. The Labute approximate surface area is 185 Å². The fourth-order valence-electron chi connectivity index (χ4n) is 5.13. The lowest BCUT2D eigenvalue weighted by atomic mass is 9.78. The minimum atomic E-state index is 0.885. The molecule has 0 spiro atoms. The Morgan fingerprint density at radius 1 is 0.968 bits per heavy atom. The van der Waals surface area contributed by atoms with E-state index >= 15 is 0 Å². The molecular formula is C29H30N2. The summed E-state index contributed by atoms with van der Waals surface area (Å²) in [6, 6.07) is 20.1. The van der Waals surface area contributed by atoms with E-state index in [0.29, 0.717) is 0 Å². The van der Waals surface area contributed by atoms with Gasteiger partial charge >= 0.3 is 0 Å². The van der Waals surface area contributed by atoms with Crippen LogP contribution in [0.25, 0.3) is 16.5 Å². The molecule has 2 heteroatoms. The first kappa shape index (κ1) is 19.8. The van der Waals surface area contributed by atoms with Gasteiger partial charge in [0.2, 0.25) is 0 Å². The van der Waals surface area contributed by atoms with E-state index in [1.165, 1.54) is 66.7 Å². The average molecular weight is 407 g/mol. The van der Waals surface area contributed by atoms with Crippen molar-refractivity contribution in [2.24, 2.45) is 0 Å². The molecule has 1 aromatic heterocycles. The molecule has 0 atom stereocenters. The predicted molar refractivity (Wildman–Crippen MR) is 132 cm³/mol. The molecule has 1 heterocycles. The summed E-state index contributed by atoms with van der Waals surface area (Å²) in [4.78, 5) is 3.56. The van der Waals surface area contributed by atoms with Crippen LogP contribution in [0.5, 0.6) is 0 Å². The summed E-state index contributed by atoms with van der Waals surface area (Å²) >= 11 is 0. The molecule has 0 unspecified atom stereocenters. The lowest BCUT2D eigenvalue weighted by Gasteiger charge is -2.26. The Bertz CT molecular complexity index is 1310. The van der Waals surface area contributed by atoms with E-state index in [1.54, 1.807) is 0 Å². The number of rotatable bonds is 5. The summed E-state index contributed by atoms with van der Waals surface area (Å²) in [6.07, 6.45) is 1.99. The van der Waals surface area contributed by atoms with Crippen LogP contribution in [-0.2, 0) is 19.4 Å². The van der Waals surface area contributed by atoms with Gasteiger partial charge in [-0.15, -0.1) is 0 Å². The molecule has 156 valence electrons. The van der Waals surface area contributed by atoms with E-state index < -0.39 is 0 Å². The molecule has 4 aromatic rings. The zero-order valence-electron chi connectivity index (χ0n) is 18.7. The third kappa shape index (κ3) is 3.73. The lowest BCUT2D eigenvalue weighted by molar-refractivity contribution is 0.678. The van der Waals surface area contributed by atoms with Crippen molar-refractivity contribution in [2.45, 2.75) is 40.2 Å². The number of benzene rings is 3. The Morgan fingerprint density at radius 2 is 1.84 bits per heavy atom. The highest BCUT2D eigenvalue weighted by molar-refractivity contribution is 5.86. The molecule has 0 radical (unpaired) electrons. The minimum absolute atomic E-state index is 0.885. The fourth-order valence-corrected chi connectivity index (χ4v) is 5.13. The molecule has 31 heavy (non-hydrogen) atoms. The second-order valence-corrected chi connectivity index (χ2v) is 9.03. The van der Waals surface area contributed by atoms with E-state index in [0.717, 1.165) is 25.9 Å². The van der Waals surface area contributed by atoms with Gasteiger partial charge < -0.3 is 10.3 Å². The average Bonchev–Trinajstić information content (AvgIpc) is 3.13. The number of H-pyrrole nitrogens is 1. The van der Waals surface area contributed by atoms with Gasteiger partial charge in [0.1, 0.15) is 0 Å². The van der Waals surface area contributed by atoms with Crippen molar-refractivity contribution in [3.05, 3.63) is 111 Å². The van der Waals surface area contributed by atoms with Crippen molar-refractivity contribution in [1.29, 1.82) is 0 Å². The number of nitrogens with one attached hydrogen (secondary N) is 2. The highest BCUT2D eigenvalue weighted by atomic mass is 14.9. The topological polar surface area (TPSA) is 27.8 Å². The highest BCUT2D eigenvalue weighted by Crippen LogP contribution is 2.38. The number of fused-ring (bicyclic) bond motifs is 3. The SMILES string of the molecule is C=C1c2cccc(CNCCc3cc4ccc(C)cc4[nH]3)c2Cc2cc(C)cc(C)c21.